The summed E-state index contributed by atoms with van der Waals surface area (Å²) >= 11 is 0.933. The van der Waals surface area contributed by atoms with Crippen molar-refractivity contribution in [3.05, 3.63) is 40.7 Å². The SMILES string of the molecule is CN(C)[C@H]1C[C@@H](CO)N(c2ncc3c4c(c(-c5ncc(F)c6sc(N)c(C#N)c56)c(F)c3n2)COC4)C1. The molecule has 0 bridgehead atoms. The first kappa shape index (κ1) is 23.9. The molecule has 0 saturated carbocycles. The molecule has 5 heterocycles. The van der Waals surface area contributed by atoms with E-state index in [1.54, 1.807) is 6.20 Å². The summed E-state index contributed by atoms with van der Waals surface area (Å²) < 4.78 is 36.9. The van der Waals surface area contributed by atoms with Crippen molar-refractivity contribution < 1.29 is 18.6 Å². The van der Waals surface area contributed by atoms with Gasteiger partial charge in [-0.15, -0.1) is 11.3 Å². The molecule has 37 heavy (non-hydrogen) atoms. The van der Waals surface area contributed by atoms with Crippen LogP contribution in [0.2, 0.25) is 0 Å². The lowest BCUT2D eigenvalue weighted by atomic mass is 9.94. The van der Waals surface area contributed by atoms with E-state index in [1.807, 2.05) is 25.1 Å². The maximum Gasteiger partial charge on any atom is 0.226 e. The van der Waals surface area contributed by atoms with Crippen LogP contribution < -0.4 is 10.6 Å². The van der Waals surface area contributed by atoms with E-state index in [2.05, 4.69) is 19.9 Å². The minimum atomic E-state index is -0.652. The van der Waals surface area contributed by atoms with E-state index in [-0.39, 0.29) is 69.3 Å². The zero-order chi connectivity index (χ0) is 26.0. The second kappa shape index (κ2) is 8.81. The number of hydrogen-bond acceptors (Lipinski definition) is 10. The minimum Gasteiger partial charge on any atom is -0.394 e. The van der Waals surface area contributed by atoms with Crippen LogP contribution in [-0.2, 0) is 18.0 Å². The number of aliphatic hydroxyl groups excluding tert-OH is 1. The van der Waals surface area contributed by atoms with E-state index in [4.69, 9.17) is 10.5 Å². The zero-order valence-electron chi connectivity index (χ0n) is 20.1. The molecule has 6 rings (SSSR count). The van der Waals surface area contributed by atoms with Crippen LogP contribution in [0, 0.1) is 23.0 Å². The molecular formula is C25H23F2N7O2S. The summed E-state index contributed by atoms with van der Waals surface area (Å²) in [6.45, 7) is 0.872. The van der Waals surface area contributed by atoms with E-state index in [1.165, 1.54) is 0 Å². The van der Waals surface area contributed by atoms with E-state index < -0.39 is 11.6 Å². The van der Waals surface area contributed by atoms with Gasteiger partial charge in [-0.2, -0.15) is 5.26 Å². The number of pyridine rings is 1. The number of fused-ring (bicyclic) bond motifs is 4. The zero-order valence-corrected chi connectivity index (χ0v) is 20.9. The van der Waals surface area contributed by atoms with Crippen molar-refractivity contribution in [2.24, 2.45) is 0 Å². The fraction of sp³-hybridized carbons (Fsp3) is 0.360. The number of nitrogens with two attached hydrogens (primary N) is 1. The number of nitriles is 1. The third-order valence-electron chi connectivity index (χ3n) is 7.32. The number of hydrogen-bond donors (Lipinski definition) is 2. The topological polar surface area (TPSA) is 124 Å². The number of benzene rings is 1. The summed E-state index contributed by atoms with van der Waals surface area (Å²) in [5, 5.41) is 20.5. The molecule has 190 valence electrons. The molecule has 2 aliphatic heterocycles. The van der Waals surface area contributed by atoms with E-state index >= 15 is 4.39 Å². The molecule has 12 heteroatoms. The van der Waals surface area contributed by atoms with Crippen LogP contribution in [0.1, 0.15) is 23.1 Å². The highest BCUT2D eigenvalue weighted by Gasteiger charge is 2.35. The number of aromatic nitrogens is 3. The third kappa shape index (κ3) is 3.53. The third-order valence-corrected chi connectivity index (χ3v) is 8.35. The Kier molecular flexibility index (Phi) is 5.68. The largest absolute Gasteiger partial charge is 0.394 e. The first-order chi connectivity index (χ1) is 17.8. The summed E-state index contributed by atoms with van der Waals surface area (Å²) in [7, 11) is 3.95. The number of likely N-dealkylation sites (N-methyl/N-ethyl adjacent to an activating group) is 1. The number of ether oxygens (including phenoxy) is 1. The number of thiophene rings is 1. The lowest BCUT2D eigenvalue weighted by Crippen LogP contribution is -2.35. The van der Waals surface area contributed by atoms with Gasteiger partial charge in [-0.05, 0) is 31.6 Å². The maximum absolute atomic E-state index is 16.5. The molecule has 2 atom stereocenters. The Hall–Kier alpha value is -3.50. The van der Waals surface area contributed by atoms with Crippen LogP contribution in [0.25, 0.3) is 32.2 Å². The predicted molar refractivity (Wildman–Crippen MR) is 136 cm³/mol. The molecule has 2 aliphatic rings. The molecule has 0 amide bonds. The second-order valence-corrected chi connectivity index (χ2v) is 10.6. The van der Waals surface area contributed by atoms with Crippen LogP contribution in [0.4, 0.5) is 19.7 Å². The summed E-state index contributed by atoms with van der Waals surface area (Å²) in [4.78, 5) is 17.4. The fourth-order valence-corrected chi connectivity index (χ4v) is 6.28. The van der Waals surface area contributed by atoms with E-state index in [0.717, 1.165) is 29.5 Å². The number of rotatable bonds is 4. The predicted octanol–water partition coefficient (Wildman–Crippen LogP) is 3.17. The Balaban J connectivity index is 1.60. The number of nitrogen functional groups attached to an aromatic ring is 1. The van der Waals surface area contributed by atoms with Gasteiger partial charge in [-0.1, -0.05) is 0 Å². The number of aliphatic hydroxyl groups is 1. The van der Waals surface area contributed by atoms with Crippen LogP contribution in [0.3, 0.4) is 0 Å². The van der Waals surface area contributed by atoms with Crippen molar-refractivity contribution in [3.63, 3.8) is 0 Å². The van der Waals surface area contributed by atoms with Crippen molar-refractivity contribution in [1.82, 2.24) is 19.9 Å². The van der Waals surface area contributed by atoms with Crippen molar-refractivity contribution in [2.75, 3.05) is 37.9 Å². The first-order valence-electron chi connectivity index (χ1n) is 11.7. The summed E-state index contributed by atoms with van der Waals surface area (Å²) in [5.41, 5.74) is 7.69. The molecule has 1 aromatic carbocycles. The number of halogens is 2. The molecular weight excluding hydrogens is 500 g/mol. The van der Waals surface area contributed by atoms with Crippen LogP contribution >= 0.6 is 11.3 Å². The lowest BCUT2D eigenvalue weighted by molar-refractivity contribution is 0.135. The van der Waals surface area contributed by atoms with Gasteiger partial charge in [0.05, 0.1) is 48.0 Å². The molecule has 0 spiro atoms. The second-order valence-electron chi connectivity index (χ2n) is 9.53. The molecule has 3 N–H and O–H groups in total. The van der Waals surface area contributed by atoms with E-state index in [0.29, 0.717) is 23.4 Å². The Morgan fingerprint density at radius 3 is 2.78 bits per heavy atom. The van der Waals surface area contributed by atoms with Gasteiger partial charge in [0.25, 0.3) is 0 Å². The summed E-state index contributed by atoms with van der Waals surface area (Å²) in [6.07, 6.45) is 3.33. The van der Waals surface area contributed by atoms with Crippen LogP contribution in [0.15, 0.2) is 12.4 Å². The van der Waals surface area contributed by atoms with Gasteiger partial charge in [-0.3, -0.25) is 4.98 Å². The molecule has 0 unspecified atom stereocenters. The molecule has 1 fully saturated rings. The Morgan fingerprint density at radius 2 is 2.05 bits per heavy atom. The van der Waals surface area contributed by atoms with Crippen LogP contribution in [-0.4, -0.2) is 64.3 Å². The quantitative estimate of drug-likeness (QED) is 0.415. The standard InChI is InChI=1S/C25H23F2N7O2S/c1-33(2)11-3-12(8-35)34(7-11)25-31-5-14-15-9-36-10-16(15)18(20(27)21(14)32-25)22-19-13(4-28)24(29)37-23(19)17(26)6-30-22/h5-6,11-12,35H,3,7-10,29H2,1-2H3/t11-,12-/m0/s1. The van der Waals surface area contributed by atoms with Crippen molar-refractivity contribution >= 4 is 43.3 Å². The van der Waals surface area contributed by atoms with Crippen molar-refractivity contribution in [2.45, 2.75) is 31.7 Å². The molecule has 9 nitrogen and oxygen atoms in total. The average Bonchev–Trinajstić information content (AvgIpc) is 3.62. The monoisotopic (exact) mass is 523 g/mol. The highest BCUT2D eigenvalue weighted by molar-refractivity contribution is 7.23. The van der Waals surface area contributed by atoms with Crippen LogP contribution in [0.5, 0.6) is 0 Å². The Bertz CT molecular complexity index is 1620. The van der Waals surface area contributed by atoms with Gasteiger partial charge < -0.3 is 25.4 Å². The molecule has 1 saturated heterocycles. The molecule has 4 aromatic rings. The normalized spacial score (nSPS) is 19.3. The van der Waals surface area contributed by atoms with Gasteiger partial charge in [0.1, 0.15) is 16.6 Å². The molecule has 0 radical (unpaired) electrons. The van der Waals surface area contributed by atoms with Gasteiger partial charge in [0.15, 0.2) is 11.6 Å². The molecule has 0 aliphatic carbocycles. The lowest BCUT2D eigenvalue weighted by Gasteiger charge is -2.24. The van der Waals surface area contributed by atoms with Gasteiger partial charge >= 0.3 is 0 Å². The van der Waals surface area contributed by atoms with Gasteiger partial charge in [-0.25, -0.2) is 18.7 Å². The summed E-state index contributed by atoms with van der Waals surface area (Å²) in [6, 6.07) is 2.01. The van der Waals surface area contributed by atoms with E-state index in [9.17, 15) is 14.8 Å². The Labute approximate surface area is 214 Å². The highest BCUT2D eigenvalue weighted by Crippen LogP contribution is 2.45. The molecule has 3 aromatic heterocycles. The van der Waals surface area contributed by atoms with Gasteiger partial charge in [0.2, 0.25) is 5.95 Å². The van der Waals surface area contributed by atoms with Crippen molar-refractivity contribution in [3.8, 4) is 17.3 Å². The number of nitrogens with zero attached hydrogens (tertiary/aromatic N) is 6. The Morgan fingerprint density at radius 1 is 1.27 bits per heavy atom. The smallest absolute Gasteiger partial charge is 0.226 e. The van der Waals surface area contributed by atoms with Crippen molar-refractivity contribution in [1.29, 1.82) is 5.26 Å². The number of anilines is 2. The average molecular weight is 524 g/mol. The highest BCUT2D eigenvalue weighted by atomic mass is 32.1. The maximum atomic E-state index is 16.5. The van der Waals surface area contributed by atoms with Gasteiger partial charge in [0, 0.05) is 35.1 Å². The minimum absolute atomic E-state index is 0.0649. The fourth-order valence-electron chi connectivity index (χ4n) is 5.36. The summed E-state index contributed by atoms with van der Waals surface area (Å²) in [5.74, 6) is -0.967. The first-order valence-corrected chi connectivity index (χ1v) is 12.5.